The van der Waals surface area contributed by atoms with Crippen molar-refractivity contribution in [3.63, 3.8) is 0 Å². The van der Waals surface area contributed by atoms with E-state index in [2.05, 4.69) is 71.3 Å². The molecule has 4 nitrogen and oxygen atoms in total. The van der Waals surface area contributed by atoms with Gasteiger partial charge in [0.1, 0.15) is 11.3 Å². The molecule has 5 aromatic carbocycles. The Balaban J connectivity index is 1.60. The Morgan fingerprint density at radius 1 is 0.487 bits per heavy atom. The van der Waals surface area contributed by atoms with Gasteiger partial charge >= 0.3 is 0 Å². The van der Waals surface area contributed by atoms with Gasteiger partial charge in [-0.3, -0.25) is 13.8 Å². The third-order valence-corrected chi connectivity index (χ3v) is 8.09. The second-order valence-electron chi connectivity index (χ2n) is 10.1. The number of para-hydroxylation sites is 3. The second kappa shape index (κ2) is 7.36. The summed E-state index contributed by atoms with van der Waals surface area (Å²) in [5.74, 6) is 1.42. The number of benzene rings is 5. The van der Waals surface area contributed by atoms with Crippen molar-refractivity contribution in [2.45, 2.75) is 0 Å². The van der Waals surface area contributed by atoms with E-state index >= 15 is 0 Å². The number of rotatable bonds is 2. The molecule has 4 heterocycles. The number of aromatic nitrogens is 2. The van der Waals surface area contributed by atoms with E-state index in [1.54, 1.807) is 0 Å². The average Bonchev–Trinajstić information content (AvgIpc) is 3.65. The normalized spacial score (nSPS) is 12.2. The van der Waals surface area contributed by atoms with Crippen LogP contribution in [0.4, 0.5) is 0 Å². The monoisotopic (exact) mass is 500 g/mol. The number of hydrogen-bond donors (Lipinski definition) is 0. The molecular formula is C35H20N2O2. The summed E-state index contributed by atoms with van der Waals surface area (Å²) in [5.41, 5.74) is 4.74. The molecule has 0 fully saturated rings. The van der Waals surface area contributed by atoms with Crippen LogP contribution < -0.4 is 5.56 Å². The Bertz CT molecular complexity index is 2410. The van der Waals surface area contributed by atoms with Crippen molar-refractivity contribution >= 4 is 59.8 Å². The Kier molecular flexibility index (Phi) is 3.90. The average molecular weight is 501 g/mol. The second-order valence-corrected chi connectivity index (χ2v) is 10.1. The van der Waals surface area contributed by atoms with Crippen LogP contribution in [0.3, 0.4) is 0 Å². The van der Waals surface area contributed by atoms with Crippen molar-refractivity contribution < 1.29 is 4.42 Å². The van der Waals surface area contributed by atoms with E-state index in [-0.39, 0.29) is 5.56 Å². The summed E-state index contributed by atoms with van der Waals surface area (Å²) < 4.78 is 11.0. The molecule has 0 aliphatic carbocycles. The first kappa shape index (κ1) is 20.7. The highest BCUT2D eigenvalue weighted by Crippen LogP contribution is 2.45. The molecular weight excluding hydrogens is 480 g/mol. The van der Waals surface area contributed by atoms with E-state index in [9.17, 15) is 4.79 Å². The van der Waals surface area contributed by atoms with Crippen LogP contribution in [0.5, 0.6) is 0 Å². The van der Waals surface area contributed by atoms with Crippen molar-refractivity contribution in [1.29, 1.82) is 0 Å². The van der Waals surface area contributed by atoms with Crippen LogP contribution >= 0.6 is 0 Å². The molecule has 0 atom stereocenters. The Morgan fingerprint density at radius 3 is 1.77 bits per heavy atom. The van der Waals surface area contributed by atoms with E-state index in [1.807, 2.05) is 59.0 Å². The van der Waals surface area contributed by atoms with Crippen molar-refractivity contribution in [3.05, 3.63) is 132 Å². The number of hydrogen-bond acceptors (Lipinski definition) is 2. The zero-order valence-electron chi connectivity index (χ0n) is 20.8. The molecule has 9 aromatic rings. The zero-order valence-corrected chi connectivity index (χ0v) is 20.8. The maximum absolute atomic E-state index is 14.3. The van der Waals surface area contributed by atoms with Crippen molar-refractivity contribution in [2.24, 2.45) is 0 Å². The minimum absolute atomic E-state index is 0.0354. The molecule has 0 N–H and O–H groups in total. The third kappa shape index (κ3) is 2.55. The van der Waals surface area contributed by atoms with Gasteiger partial charge in [0.05, 0.1) is 21.9 Å². The lowest BCUT2D eigenvalue weighted by atomic mass is 10.0. The summed E-state index contributed by atoms with van der Waals surface area (Å²) in [5, 5.41) is 6.99. The standard InChI is InChI=1S/C35H20N2O2/c38-34-26-16-5-4-13-22(26)25-17-10-18-27-30-32(37(34)31(25)27)35(39-33(30)21-11-2-1-3-12-21)36-28-19-8-6-14-23(28)24-15-7-9-20-29(24)36/h1-20H. The Morgan fingerprint density at radius 2 is 1.05 bits per heavy atom. The molecule has 0 aliphatic rings. The fourth-order valence-corrected chi connectivity index (χ4v) is 6.50. The molecule has 0 saturated carbocycles. The van der Waals surface area contributed by atoms with E-state index < -0.39 is 0 Å². The molecule has 39 heavy (non-hydrogen) atoms. The minimum atomic E-state index is -0.0354. The Labute approximate surface area is 221 Å². The van der Waals surface area contributed by atoms with Crippen LogP contribution in [0.25, 0.3) is 77.0 Å². The first-order chi connectivity index (χ1) is 19.3. The third-order valence-electron chi connectivity index (χ3n) is 8.09. The predicted molar refractivity (Wildman–Crippen MR) is 159 cm³/mol. The van der Waals surface area contributed by atoms with Gasteiger partial charge in [-0.05, 0) is 23.6 Å². The maximum Gasteiger partial charge on any atom is 0.263 e. The molecule has 182 valence electrons. The van der Waals surface area contributed by atoms with E-state index in [1.165, 1.54) is 0 Å². The number of furan rings is 1. The highest BCUT2D eigenvalue weighted by atomic mass is 16.4. The van der Waals surface area contributed by atoms with Gasteiger partial charge in [0.2, 0.25) is 5.88 Å². The van der Waals surface area contributed by atoms with Crippen molar-refractivity contribution in [3.8, 4) is 17.2 Å². The fourth-order valence-electron chi connectivity index (χ4n) is 6.50. The molecule has 0 saturated heterocycles. The first-order valence-electron chi connectivity index (χ1n) is 13.1. The minimum Gasteiger partial charge on any atom is -0.437 e. The first-order valence-corrected chi connectivity index (χ1v) is 13.1. The SMILES string of the molecule is O=c1c2ccccc2c2cccc3c4c(-c5ccccc5)oc(-n5c6ccccc6c6ccccc65)c4n1c23. The van der Waals surface area contributed by atoms with Gasteiger partial charge in [0.15, 0.2) is 0 Å². The molecule has 0 spiro atoms. The van der Waals surface area contributed by atoms with E-state index in [4.69, 9.17) is 4.42 Å². The van der Waals surface area contributed by atoms with Gasteiger partial charge in [-0.25, -0.2) is 0 Å². The topological polar surface area (TPSA) is 39.5 Å². The van der Waals surface area contributed by atoms with Crippen LogP contribution in [-0.4, -0.2) is 8.97 Å². The summed E-state index contributed by atoms with van der Waals surface area (Å²) in [6, 6.07) is 41.1. The molecule has 0 aliphatic heterocycles. The van der Waals surface area contributed by atoms with Crippen LogP contribution in [0.15, 0.2) is 131 Å². The van der Waals surface area contributed by atoms with Gasteiger partial charge < -0.3 is 4.42 Å². The summed E-state index contributed by atoms with van der Waals surface area (Å²) in [7, 11) is 0. The maximum atomic E-state index is 14.3. The van der Waals surface area contributed by atoms with Crippen molar-refractivity contribution in [2.75, 3.05) is 0 Å². The predicted octanol–water partition coefficient (Wildman–Crippen LogP) is 8.55. The number of nitrogens with zero attached hydrogens (tertiary/aromatic N) is 2. The number of pyridine rings is 1. The van der Waals surface area contributed by atoms with Gasteiger partial charge in [0, 0.05) is 32.5 Å². The summed E-state index contributed by atoms with van der Waals surface area (Å²) in [6.07, 6.45) is 0. The van der Waals surface area contributed by atoms with Gasteiger partial charge in [-0.15, -0.1) is 0 Å². The Hall–Kier alpha value is -5.35. The zero-order chi connectivity index (χ0) is 25.7. The quantitative estimate of drug-likeness (QED) is 0.223. The summed E-state index contributed by atoms with van der Waals surface area (Å²) in [6.45, 7) is 0. The molecule has 0 amide bonds. The summed E-state index contributed by atoms with van der Waals surface area (Å²) in [4.78, 5) is 14.3. The van der Waals surface area contributed by atoms with Gasteiger partial charge in [-0.1, -0.05) is 103 Å². The lowest BCUT2D eigenvalue weighted by molar-refractivity contribution is 0.563. The lowest BCUT2D eigenvalue weighted by Gasteiger charge is -2.09. The van der Waals surface area contributed by atoms with Gasteiger partial charge in [0.25, 0.3) is 5.56 Å². The molecule has 4 aromatic heterocycles. The summed E-state index contributed by atoms with van der Waals surface area (Å²) >= 11 is 0. The van der Waals surface area contributed by atoms with Crippen LogP contribution in [0, 0.1) is 0 Å². The smallest absolute Gasteiger partial charge is 0.263 e. The molecule has 4 heteroatoms. The largest absolute Gasteiger partial charge is 0.437 e. The fraction of sp³-hybridized carbons (Fsp3) is 0. The van der Waals surface area contributed by atoms with Gasteiger partial charge in [-0.2, -0.15) is 0 Å². The van der Waals surface area contributed by atoms with E-state index in [0.29, 0.717) is 11.3 Å². The lowest BCUT2D eigenvalue weighted by Crippen LogP contribution is -2.13. The van der Waals surface area contributed by atoms with Crippen molar-refractivity contribution in [1.82, 2.24) is 8.97 Å². The molecule has 0 bridgehead atoms. The highest BCUT2D eigenvalue weighted by molar-refractivity contribution is 6.24. The van der Waals surface area contributed by atoms with Crippen LogP contribution in [0.2, 0.25) is 0 Å². The molecule has 0 radical (unpaired) electrons. The highest BCUT2D eigenvalue weighted by Gasteiger charge is 2.28. The molecule has 9 rings (SSSR count). The van der Waals surface area contributed by atoms with Crippen LogP contribution in [0.1, 0.15) is 0 Å². The van der Waals surface area contributed by atoms with E-state index in [0.717, 1.165) is 65.7 Å². The number of fused-ring (bicyclic) bond motifs is 8. The van der Waals surface area contributed by atoms with Crippen LogP contribution in [-0.2, 0) is 0 Å². The molecule has 0 unspecified atom stereocenters.